The van der Waals surface area contributed by atoms with E-state index in [-0.39, 0.29) is 11.9 Å². The summed E-state index contributed by atoms with van der Waals surface area (Å²) in [6, 6.07) is 4.82. The molecule has 2 rings (SSSR count). The van der Waals surface area contributed by atoms with Gasteiger partial charge >= 0.3 is 0 Å². The maximum Gasteiger partial charge on any atom is 0.123 e. The Morgan fingerprint density at radius 2 is 2.18 bits per heavy atom. The minimum Gasteiger partial charge on any atom is -0.371 e. The highest BCUT2D eigenvalue weighted by molar-refractivity contribution is 5.55. The Labute approximate surface area is 103 Å². The zero-order valence-electron chi connectivity index (χ0n) is 10.6. The van der Waals surface area contributed by atoms with Crippen molar-refractivity contribution in [2.24, 2.45) is 11.7 Å². The zero-order chi connectivity index (χ0) is 12.4. The first-order valence-corrected chi connectivity index (χ1v) is 6.41. The lowest BCUT2D eigenvalue weighted by molar-refractivity contribution is 0.620. The van der Waals surface area contributed by atoms with Gasteiger partial charge in [-0.3, -0.25) is 0 Å². The third-order valence-electron chi connectivity index (χ3n) is 3.38. The molecule has 1 aromatic rings. The Morgan fingerprint density at radius 3 is 2.71 bits per heavy atom. The molecule has 1 atom stereocenters. The van der Waals surface area contributed by atoms with Gasteiger partial charge < -0.3 is 10.6 Å². The van der Waals surface area contributed by atoms with Crippen molar-refractivity contribution < 1.29 is 4.39 Å². The number of nitrogens with zero attached hydrogens (tertiary/aromatic N) is 1. The van der Waals surface area contributed by atoms with Crippen molar-refractivity contribution in [3.8, 4) is 0 Å². The minimum atomic E-state index is -0.205. The molecule has 0 saturated heterocycles. The van der Waals surface area contributed by atoms with Crippen molar-refractivity contribution in [3.63, 3.8) is 0 Å². The average molecular weight is 236 g/mol. The molecule has 0 radical (unpaired) electrons. The quantitative estimate of drug-likeness (QED) is 0.851. The molecular formula is C14H21FN2. The van der Waals surface area contributed by atoms with E-state index in [0.29, 0.717) is 0 Å². The third kappa shape index (κ3) is 2.97. The summed E-state index contributed by atoms with van der Waals surface area (Å²) in [5, 5.41) is 0. The van der Waals surface area contributed by atoms with Crippen LogP contribution in [-0.4, -0.2) is 13.1 Å². The normalized spacial score (nSPS) is 16.9. The Balaban J connectivity index is 2.27. The van der Waals surface area contributed by atoms with Crippen LogP contribution in [0.25, 0.3) is 0 Å². The van der Waals surface area contributed by atoms with Crippen LogP contribution >= 0.6 is 0 Å². The number of hydrogen-bond donors (Lipinski definition) is 1. The number of nitrogens with two attached hydrogens (primary N) is 1. The van der Waals surface area contributed by atoms with E-state index in [1.165, 1.54) is 18.9 Å². The Hall–Kier alpha value is -1.09. The summed E-state index contributed by atoms with van der Waals surface area (Å²) < 4.78 is 13.3. The predicted molar refractivity (Wildman–Crippen MR) is 69.6 cm³/mol. The highest BCUT2D eigenvalue weighted by Crippen LogP contribution is 2.33. The van der Waals surface area contributed by atoms with Gasteiger partial charge in [-0.15, -0.1) is 0 Å². The van der Waals surface area contributed by atoms with Crippen molar-refractivity contribution in [1.82, 2.24) is 0 Å². The highest BCUT2D eigenvalue weighted by atomic mass is 19.1. The third-order valence-corrected chi connectivity index (χ3v) is 3.38. The summed E-state index contributed by atoms with van der Waals surface area (Å²) in [4.78, 5) is 2.32. The molecule has 94 valence electrons. The number of halogens is 1. The first-order valence-electron chi connectivity index (χ1n) is 6.41. The molecule has 1 saturated carbocycles. The van der Waals surface area contributed by atoms with Crippen LogP contribution in [-0.2, 0) is 0 Å². The molecule has 0 spiro atoms. The van der Waals surface area contributed by atoms with E-state index in [9.17, 15) is 4.39 Å². The van der Waals surface area contributed by atoms with E-state index in [0.717, 1.165) is 30.3 Å². The number of hydrogen-bond acceptors (Lipinski definition) is 2. The molecule has 1 aliphatic carbocycles. The van der Waals surface area contributed by atoms with Crippen LogP contribution in [0.3, 0.4) is 0 Å². The van der Waals surface area contributed by atoms with Crippen molar-refractivity contribution >= 4 is 5.69 Å². The maximum atomic E-state index is 13.3. The molecule has 1 fully saturated rings. The summed E-state index contributed by atoms with van der Waals surface area (Å²) in [5.41, 5.74) is 7.93. The molecule has 3 heteroatoms. The zero-order valence-corrected chi connectivity index (χ0v) is 10.6. The van der Waals surface area contributed by atoms with E-state index in [1.807, 2.05) is 13.0 Å². The summed E-state index contributed by atoms with van der Waals surface area (Å²) >= 11 is 0. The monoisotopic (exact) mass is 236 g/mol. The van der Waals surface area contributed by atoms with Gasteiger partial charge in [-0.1, -0.05) is 0 Å². The SMILES string of the molecule is CCN(CC1CC1)c1ccc(F)cc1[C@@H](C)N. The molecule has 1 aliphatic rings. The Bertz CT molecular complexity index is 386. The van der Waals surface area contributed by atoms with E-state index in [1.54, 1.807) is 6.07 Å². The molecule has 1 aromatic carbocycles. The van der Waals surface area contributed by atoms with Crippen molar-refractivity contribution in [1.29, 1.82) is 0 Å². The van der Waals surface area contributed by atoms with Gasteiger partial charge in [0.15, 0.2) is 0 Å². The second-order valence-electron chi connectivity index (χ2n) is 4.97. The van der Waals surface area contributed by atoms with Gasteiger partial charge in [-0.25, -0.2) is 4.39 Å². The second kappa shape index (κ2) is 5.05. The van der Waals surface area contributed by atoms with Gasteiger partial charge in [0.05, 0.1) is 0 Å². The van der Waals surface area contributed by atoms with E-state index < -0.39 is 0 Å². The number of anilines is 1. The van der Waals surface area contributed by atoms with Crippen LogP contribution in [0.15, 0.2) is 18.2 Å². The lowest BCUT2D eigenvalue weighted by Gasteiger charge is -2.27. The smallest absolute Gasteiger partial charge is 0.123 e. The van der Waals surface area contributed by atoms with E-state index in [4.69, 9.17) is 5.73 Å². The van der Waals surface area contributed by atoms with Crippen LogP contribution in [0.4, 0.5) is 10.1 Å². The van der Waals surface area contributed by atoms with Gasteiger partial charge in [0.1, 0.15) is 5.82 Å². The molecule has 0 heterocycles. The van der Waals surface area contributed by atoms with Gasteiger partial charge in [0.25, 0.3) is 0 Å². The molecule has 0 unspecified atom stereocenters. The standard InChI is InChI=1S/C14H21FN2/c1-3-17(9-11-4-5-11)14-7-6-12(15)8-13(14)10(2)16/h6-8,10-11H,3-5,9,16H2,1-2H3/t10-/m1/s1. The average Bonchev–Trinajstić information content (AvgIpc) is 3.10. The lowest BCUT2D eigenvalue weighted by Crippen LogP contribution is -2.27. The van der Waals surface area contributed by atoms with E-state index in [2.05, 4.69) is 11.8 Å². The molecule has 0 aromatic heterocycles. The summed E-state index contributed by atoms with van der Waals surface area (Å²) in [7, 11) is 0. The van der Waals surface area contributed by atoms with Gasteiger partial charge in [-0.05, 0) is 56.4 Å². The van der Waals surface area contributed by atoms with Crippen molar-refractivity contribution in [2.45, 2.75) is 32.7 Å². The summed E-state index contributed by atoms with van der Waals surface area (Å²) in [5.74, 6) is 0.615. The number of rotatable bonds is 5. The van der Waals surface area contributed by atoms with Gasteiger partial charge in [-0.2, -0.15) is 0 Å². The highest BCUT2D eigenvalue weighted by Gasteiger charge is 2.25. The predicted octanol–water partition coefficient (Wildman–Crippen LogP) is 3.08. The Kier molecular flexibility index (Phi) is 3.67. The topological polar surface area (TPSA) is 29.3 Å². The summed E-state index contributed by atoms with van der Waals surface area (Å²) in [6.45, 7) is 6.06. The minimum absolute atomic E-state index is 0.131. The number of benzene rings is 1. The van der Waals surface area contributed by atoms with Crippen molar-refractivity contribution in [2.75, 3.05) is 18.0 Å². The molecule has 2 nitrogen and oxygen atoms in total. The summed E-state index contributed by atoms with van der Waals surface area (Å²) in [6.07, 6.45) is 2.65. The first-order chi connectivity index (χ1) is 8.11. The van der Waals surface area contributed by atoms with Crippen LogP contribution in [0, 0.1) is 11.7 Å². The second-order valence-corrected chi connectivity index (χ2v) is 4.97. The van der Waals surface area contributed by atoms with Crippen LogP contribution in [0.5, 0.6) is 0 Å². The maximum absolute atomic E-state index is 13.3. The largest absolute Gasteiger partial charge is 0.371 e. The first kappa shape index (κ1) is 12.4. The molecule has 0 amide bonds. The fraction of sp³-hybridized carbons (Fsp3) is 0.571. The van der Waals surface area contributed by atoms with E-state index >= 15 is 0 Å². The van der Waals surface area contributed by atoms with Crippen LogP contribution in [0.2, 0.25) is 0 Å². The van der Waals surface area contributed by atoms with Crippen LogP contribution < -0.4 is 10.6 Å². The molecule has 17 heavy (non-hydrogen) atoms. The lowest BCUT2D eigenvalue weighted by atomic mass is 10.1. The molecule has 0 aliphatic heterocycles. The van der Waals surface area contributed by atoms with Gasteiger partial charge in [0, 0.05) is 24.8 Å². The fourth-order valence-corrected chi connectivity index (χ4v) is 2.19. The van der Waals surface area contributed by atoms with Gasteiger partial charge in [0.2, 0.25) is 0 Å². The van der Waals surface area contributed by atoms with Crippen LogP contribution in [0.1, 0.15) is 38.3 Å². The van der Waals surface area contributed by atoms with Crippen molar-refractivity contribution in [3.05, 3.63) is 29.6 Å². The fourth-order valence-electron chi connectivity index (χ4n) is 2.19. The Morgan fingerprint density at radius 1 is 1.47 bits per heavy atom. The molecular weight excluding hydrogens is 215 g/mol. The molecule has 0 bridgehead atoms. The molecule has 2 N–H and O–H groups in total.